The van der Waals surface area contributed by atoms with Gasteiger partial charge in [-0.25, -0.2) is 0 Å². The van der Waals surface area contributed by atoms with Crippen LogP contribution in [0.5, 0.6) is 5.75 Å². The summed E-state index contributed by atoms with van der Waals surface area (Å²) in [7, 11) is 1.56. The fourth-order valence-corrected chi connectivity index (χ4v) is 1.78. The number of benzene rings is 1. The Labute approximate surface area is 84.6 Å². The highest BCUT2D eigenvalue weighted by Crippen LogP contribution is 2.35. The first-order valence-corrected chi connectivity index (χ1v) is 4.35. The smallest absolute Gasteiger partial charge is 0.138 e. The van der Waals surface area contributed by atoms with E-state index in [1.807, 2.05) is 0 Å². The lowest BCUT2D eigenvalue weighted by Gasteiger charge is -2.02. The van der Waals surface area contributed by atoms with Crippen molar-refractivity contribution in [2.24, 2.45) is 0 Å². The summed E-state index contributed by atoms with van der Waals surface area (Å²) in [5.74, 6) is 0.595. The molecule has 1 aromatic carbocycles. The Morgan fingerprint density at radius 1 is 1.38 bits per heavy atom. The molecule has 1 N–H and O–H groups in total. The van der Waals surface area contributed by atoms with Crippen LogP contribution in [0.25, 0.3) is 10.9 Å². The molecule has 0 amide bonds. The molecule has 0 aliphatic carbocycles. The predicted molar refractivity (Wildman–Crippen MR) is 52.7 cm³/mol. The summed E-state index contributed by atoms with van der Waals surface area (Å²) in [6.07, 6.45) is 0. The van der Waals surface area contributed by atoms with Crippen molar-refractivity contribution in [3.8, 4) is 5.75 Å². The molecule has 0 saturated heterocycles. The Bertz CT molecular complexity index is 453. The zero-order valence-corrected chi connectivity index (χ0v) is 8.28. The number of aromatic nitrogens is 2. The van der Waals surface area contributed by atoms with Crippen LogP contribution in [0.15, 0.2) is 12.1 Å². The minimum absolute atomic E-state index is 0.430. The van der Waals surface area contributed by atoms with Gasteiger partial charge < -0.3 is 4.74 Å². The van der Waals surface area contributed by atoms with E-state index in [0.29, 0.717) is 21.3 Å². The standard InChI is InChI=1S/C8H6Cl2N2O/c1-13-5-3-2-4-6(7(5)9)8(10)12-11-4/h2-3H,1H3,(H,11,12). The molecular formula is C8H6Cl2N2O. The first-order chi connectivity index (χ1) is 6.24. The molecule has 68 valence electrons. The number of hydrogen-bond acceptors (Lipinski definition) is 2. The Hall–Kier alpha value is -0.930. The lowest BCUT2D eigenvalue weighted by atomic mass is 10.2. The third-order valence-electron chi connectivity index (χ3n) is 1.80. The number of fused-ring (bicyclic) bond motifs is 1. The van der Waals surface area contributed by atoms with Crippen molar-refractivity contribution in [1.82, 2.24) is 10.2 Å². The summed E-state index contributed by atoms with van der Waals surface area (Å²) >= 11 is 11.9. The number of ether oxygens (including phenoxy) is 1. The van der Waals surface area contributed by atoms with Crippen molar-refractivity contribution in [3.63, 3.8) is 0 Å². The SMILES string of the molecule is COc1ccc2n[nH]c(Cl)c2c1Cl. The van der Waals surface area contributed by atoms with Crippen LogP contribution < -0.4 is 4.74 Å². The van der Waals surface area contributed by atoms with Gasteiger partial charge in [-0.3, -0.25) is 5.10 Å². The molecule has 2 rings (SSSR count). The maximum Gasteiger partial charge on any atom is 0.138 e. The Morgan fingerprint density at radius 3 is 2.85 bits per heavy atom. The van der Waals surface area contributed by atoms with Crippen LogP contribution in [0.1, 0.15) is 0 Å². The highest BCUT2D eigenvalue weighted by molar-refractivity contribution is 6.42. The molecule has 5 heteroatoms. The summed E-state index contributed by atoms with van der Waals surface area (Å²) in [4.78, 5) is 0. The van der Waals surface area contributed by atoms with Crippen molar-refractivity contribution < 1.29 is 4.74 Å². The number of aromatic amines is 1. The topological polar surface area (TPSA) is 37.9 Å². The van der Waals surface area contributed by atoms with Gasteiger partial charge in [-0.05, 0) is 12.1 Å². The van der Waals surface area contributed by atoms with Gasteiger partial charge in [0.05, 0.1) is 23.0 Å². The molecule has 2 aromatic rings. The number of methoxy groups -OCH3 is 1. The van der Waals surface area contributed by atoms with Gasteiger partial charge in [-0.15, -0.1) is 0 Å². The molecule has 0 aliphatic rings. The second-order valence-electron chi connectivity index (χ2n) is 2.51. The van der Waals surface area contributed by atoms with Gasteiger partial charge in [0.15, 0.2) is 0 Å². The second-order valence-corrected chi connectivity index (χ2v) is 3.27. The fraction of sp³-hybridized carbons (Fsp3) is 0.125. The molecule has 13 heavy (non-hydrogen) atoms. The summed E-state index contributed by atoms with van der Waals surface area (Å²) in [6, 6.07) is 3.55. The van der Waals surface area contributed by atoms with Crippen molar-refractivity contribution in [3.05, 3.63) is 22.3 Å². The minimum atomic E-state index is 0.430. The van der Waals surface area contributed by atoms with Crippen LogP contribution in [-0.4, -0.2) is 17.3 Å². The summed E-state index contributed by atoms with van der Waals surface area (Å²) in [5.41, 5.74) is 0.732. The van der Waals surface area contributed by atoms with Crippen molar-refractivity contribution in [1.29, 1.82) is 0 Å². The monoisotopic (exact) mass is 216 g/mol. The molecular weight excluding hydrogens is 211 g/mol. The minimum Gasteiger partial charge on any atom is -0.495 e. The van der Waals surface area contributed by atoms with Gasteiger partial charge in [-0.2, -0.15) is 5.10 Å². The zero-order chi connectivity index (χ0) is 9.42. The van der Waals surface area contributed by atoms with E-state index in [0.717, 1.165) is 5.52 Å². The van der Waals surface area contributed by atoms with Crippen molar-refractivity contribution >= 4 is 34.1 Å². The van der Waals surface area contributed by atoms with Crippen LogP contribution in [0.4, 0.5) is 0 Å². The molecule has 1 heterocycles. The van der Waals surface area contributed by atoms with Gasteiger partial charge in [0, 0.05) is 0 Å². The van der Waals surface area contributed by atoms with Crippen LogP contribution in [0, 0.1) is 0 Å². The second kappa shape index (κ2) is 3.09. The Balaban J connectivity index is 2.83. The predicted octanol–water partition coefficient (Wildman–Crippen LogP) is 2.88. The summed E-state index contributed by atoms with van der Waals surface area (Å²) in [6.45, 7) is 0. The molecule has 0 aliphatic heterocycles. The highest BCUT2D eigenvalue weighted by Gasteiger charge is 2.11. The molecule has 0 radical (unpaired) electrons. The lowest BCUT2D eigenvalue weighted by Crippen LogP contribution is -1.83. The fourth-order valence-electron chi connectivity index (χ4n) is 1.17. The van der Waals surface area contributed by atoms with Crippen molar-refractivity contribution in [2.45, 2.75) is 0 Å². The zero-order valence-electron chi connectivity index (χ0n) is 6.77. The van der Waals surface area contributed by atoms with E-state index < -0.39 is 0 Å². The number of rotatable bonds is 1. The van der Waals surface area contributed by atoms with E-state index in [9.17, 15) is 0 Å². The third-order valence-corrected chi connectivity index (χ3v) is 2.45. The van der Waals surface area contributed by atoms with Gasteiger partial charge in [0.25, 0.3) is 0 Å². The maximum atomic E-state index is 6.02. The molecule has 0 unspecified atom stereocenters. The number of H-pyrrole nitrogens is 1. The average molecular weight is 217 g/mol. The number of nitrogens with zero attached hydrogens (tertiary/aromatic N) is 1. The van der Waals surface area contributed by atoms with Crippen LogP contribution in [0.2, 0.25) is 10.2 Å². The van der Waals surface area contributed by atoms with E-state index >= 15 is 0 Å². The van der Waals surface area contributed by atoms with Gasteiger partial charge in [0.1, 0.15) is 10.9 Å². The molecule has 1 aromatic heterocycles. The highest BCUT2D eigenvalue weighted by atomic mass is 35.5. The van der Waals surface area contributed by atoms with E-state index in [2.05, 4.69) is 10.2 Å². The largest absolute Gasteiger partial charge is 0.495 e. The Morgan fingerprint density at radius 2 is 2.15 bits per heavy atom. The van der Waals surface area contributed by atoms with Crippen LogP contribution >= 0.6 is 23.2 Å². The van der Waals surface area contributed by atoms with Gasteiger partial charge in [-0.1, -0.05) is 23.2 Å². The van der Waals surface area contributed by atoms with E-state index in [1.54, 1.807) is 19.2 Å². The number of nitrogens with one attached hydrogen (secondary N) is 1. The quantitative estimate of drug-likeness (QED) is 0.797. The average Bonchev–Trinajstić information content (AvgIpc) is 2.49. The van der Waals surface area contributed by atoms with E-state index in [1.165, 1.54) is 0 Å². The first kappa shape index (κ1) is 8.66. The number of halogens is 2. The van der Waals surface area contributed by atoms with E-state index in [4.69, 9.17) is 27.9 Å². The number of hydrogen-bond donors (Lipinski definition) is 1. The molecule has 0 spiro atoms. The molecule has 0 saturated carbocycles. The van der Waals surface area contributed by atoms with Gasteiger partial charge >= 0.3 is 0 Å². The molecule has 3 nitrogen and oxygen atoms in total. The Kier molecular flexibility index (Phi) is 2.06. The molecule has 0 bridgehead atoms. The van der Waals surface area contributed by atoms with Crippen LogP contribution in [0.3, 0.4) is 0 Å². The van der Waals surface area contributed by atoms with Crippen molar-refractivity contribution in [2.75, 3.05) is 7.11 Å². The molecule has 0 fully saturated rings. The lowest BCUT2D eigenvalue weighted by molar-refractivity contribution is 0.415. The normalized spacial score (nSPS) is 10.7. The van der Waals surface area contributed by atoms with E-state index in [-0.39, 0.29) is 0 Å². The summed E-state index contributed by atoms with van der Waals surface area (Å²) < 4.78 is 5.05. The third kappa shape index (κ3) is 1.24. The summed E-state index contributed by atoms with van der Waals surface area (Å²) in [5, 5.41) is 8.21. The first-order valence-electron chi connectivity index (χ1n) is 3.60. The van der Waals surface area contributed by atoms with Gasteiger partial charge in [0.2, 0.25) is 0 Å². The molecule has 0 atom stereocenters. The maximum absolute atomic E-state index is 6.02. The van der Waals surface area contributed by atoms with Crippen LogP contribution in [-0.2, 0) is 0 Å².